The average molecular weight is 385 g/mol. The molecule has 1 amide bonds. The fraction of sp³-hybridized carbons (Fsp3) is 0.333. The minimum absolute atomic E-state index is 0.0698. The molecule has 2 aliphatic rings. The van der Waals surface area contributed by atoms with Gasteiger partial charge in [-0.15, -0.1) is 0 Å². The average Bonchev–Trinajstić information content (AvgIpc) is 3.10. The molecule has 4 atom stereocenters. The molecule has 1 spiro atoms. The molecule has 1 saturated heterocycles. The highest BCUT2D eigenvalue weighted by Crippen LogP contribution is 2.55. The quantitative estimate of drug-likeness (QED) is 0.807. The van der Waals surface area contributed by atoms with E-state index in [0.717, 1.165) is 16.8 Å². The van der Waals surface area contributed by atoms with Gasteiger partial charge in [-0.05, 0) is 17.7 Å². The van der Waals surface area contributed by atoms with E-state index >= 15 is 0 Å². The highest BCUT2D eigenvalue weighted by molar-refractivity contribution is 6.31. The number of rotatable bonds is 2. The molecule has 140 valence electrons. The molecule has 2 aliphatic heterocycles. The Balaban J connectivity index is 1.91. The Kier molecular flexibility index (Phi) is 4.24. The lowest BCUT2D eigenvalue weighted by atomic mass is 9.76. The van der Waals surface area contributed by atoms with Gasteiger partial charge in [0.05, 0.1) is 13.0 Å². The molecule has 0 aliphatic carbocycles. The van der Waals surface area contributed by atoms with Crippen molar-refractivity contribution in [1.82, 2.24) is 5.32 Å². The zero-order chi connectivity index (χ0) is 19.3. The molecule has 2 aromatic rings. The first-order chi connectivity index (χ1) is 12.9. The van der Waals surface area contributed by atoms with Gasteiger partial charge in [-0.2, -0.15) is 0 Å². The van der Waals surface area contributed by atoms with Gasteiger partial charge in [0.15, 0.2) is 0 Å². The van der Waals surface area contributed by atoms with Crippen molar-refractivity contribution in [2.24, 2.45) is 11.8 Å². The Morgan fingerprint density at radius 1 is 1.19 bits per heavy atom. The number of amides is 1. The third-order valence-electron chi connectivity index (χ3n) is 6.01. The van der Waals surface area contributed by atoms with Crippen molar-refractivity contribution >= 4 is 29.2 Å². The molecule has 5 nitrogen and oxygen atoms in total. The molecule has 0 radical (unpaired) electrons. The lowest BCUT2D eigenvalue weighted by Gasteiger charge is -2.29. The third-order valence-corrected chi connectivity index (χ3v) is 6.35. The maximum absolute atomic E-state index is 13.4. The molecule has 2 aromatic carbocycles. The summed E-state index contributed by atoms with van der Waals surface area (Å²) in [6.45, 7) is 1.93. The number of halogens is 1. The highest BCUT2D eigenvalue weighted by atomic mass is 35.5. The smallest absolute Gasteiger partial charge is 0.310 e. The zero-order valence-electron chi connectivity index (χ0n) is 15.4. The zero-order valence-corrected chi connectivity index (χ0v) is 16.2. The van der Waals surface area contributed by atoms with Crippen molar-refractivity contribution in [2.45, 2.75) is 18.5 Å². The predicted octanol–water partition coefficient (Wildman–Crippen LogP) is 3.28. The van der Waals surface area contributed by atoms with E-state index in [1.807, 2.05) is 49.4 Å². The van der Waals surface area contributed by atoms with E-state index in [4.69, 9.17) is 16.3 Å². The number of para-hydroxylation sites is 1. The Labute approximate surface area is 163 Å². The summed E-state index contributed by atoms with van der Waals surface area (Å²) in [5.41, 5.74) is 1.53. The number of fused-ring (bicyclic) bond motifs is 2. The molecule has 2 heterocycles. The van der Waals surface area contributed by atoms with E-state index in [9.17, 15) is 9.59 Å². The summed E-state index contributed by atoms with van der Waals surface area (Å²) >= 11 is 6.44. The number of likely N-dealkylation sites (N-methyl/N-ethyl adjacent to an activating group) is 1. The van der Waals surface area contributed by atoms with Gasteiger partial charge in [-0.1, -0.05) is 54.9 Å². The van der Waals surface area contributed by atoms with Crippen molar-refractivity contribution in [2.75, 3.05) is 19.1 Å². The monoisotopic (exact) mass is 384 g/mol. The molecule has 0 saturated carbocycles. The fourth-order valence-corrected chi connectivity index (χ4v) is 4.92. The molecule has 6 heteroatoms. The summed E-state index contributed by atoms with van der Waals surface area (Å²) in [5.74, 6) is -1.28. The number of hydrogen-bond acceptors (Lipinski definition) is 4. The number of nitrogens with one attached hydrogen (secondary N) is 1. The summed E-state index contributed by atoms with van der Waals surface area (Å²) in [7, 11) is 3.14. The molecular weight excluding hydrogens is 364 g/mol. The fourth-order valence-electron chi connectivity index (χ4n) is 4.67. The van der Waals surface area contributed by atoms with Crippen LogP contribution in [0.1, 0.15) is 24.1 Å². The van der Waals surface area contributed by atoms with Gasteiger partial charge in [0.2, 0.25) is 0 Å². The lowest BCUT2D eigenvalue weighted by molar-refractivity contribution is -0.147. The van der Waals surface area contributed by atoms with Gasteiger partial charge in [-0.25, -0.2) is 0 Å². The first-order valence-corrected chi connectivity index (χ1v) is 9.29. The molecule has 27 heavy (non-hydrogen) atoms. The van der Waals surface area contributed by atoms with Crippen molar-refractivity contribution in [3.63, 3.8) is 0 Å². The molecule has 0 unspecified atom stereocenters. The second kappa shape index (κ2) is 6.36. The van der Waals surface area contributed by atoms with Crippen LogP contribution in [0.2, 0.25) is 5.02 Å². The predicted molar refractivity (Wildman–Crippen MR) is 104 cm³/mol. The van der Waals surface area contributed by atoms with Gasteiger partial charge in [0, 0.05) is 35.3 Å². The number of anilines is 1. The van der Waals surface area contributed by atoms with Crippen LogP contribution in [0.25, 0.3) is 0 Å². The van der Waals surface area contributed by atoms with Crippen LogP contribution in [0, 0.1) is 11.8 Å². The van der Waals surface area contributed by atoms with Crippen LogP contribution in [-0.4, -0.2) is 26.0 Å². The summed E-state index contributed by atoms with van der Waals surface area (Å²) in [4.78, 5) is 27.8. The maximum atomic E-state index is 13.4. The Morgan fingerprint density at radius 3 is 2.56 bits per heavy atom. The first kappa shape index (κ1) is 18.0. The Bertz CT molecular complexity index is 931. The minimum atomic E-state index is -0.992. The number of nitrogens with zero attached hydrogens (tertiary/aromatic N) is 1. The lowest BCUT2D eigenvalue weighted by Crippen LogP contribution is -2.50. The third kappa shape index (κ3) is 2.35. The van der Waals surface area contributed by atoms with E-state index < -0.39 is 17.5 Å². The summed E-state index contributed by atoms with van der Waals surface area (Å²) in [6.07, 6.45) is 0. The van der Waals surface area contributed by atoms with E-state index in [2.05, 4.69) is 5.32 Å². The Morgan fingerprint density at radius 2 is 1.85 bits per heavy atom. The molecular formula is C21H21ClN2O3. The molecule has 1 fully saturated rings. The standard InChI is InChI=1S/C21H21ClN2O3/c1-12-17(19(25)27-3)18(13-8-4-6-10-15(13)22)23-21(12)14-9-5-7-11-16(14)24(2)20(21)26/h4-12,17-18,23H,1-3H3/t12-,17-,18-,21-/m0/s1. The van der Waals surface area contributed by atoms with Crippen LogP contribution in [0.15, 0.2) is 48.5 Å². The SMILES string of the molecule is COC(=O)[C@@H]1[C@H](c2ccccc2Cl)N[C@@]2(C(=O)N(C)c3ccccc32)[C@H]1C. The first-order valence-electron chi connectivity index (χ1n) is 8.91. The summed E-state index contributed by atoms with van der Waals surface area (Å²) < 4.78 is 5.10. The molecule has 0 bridgehead atoms. The maximum Gasteiger partial charge on any atom is 0.310 e. The van der Waals surface area contributed by atoms with Crippen molar-refractivity contribution < 1.29 is 14.3 Å². The number of ether oxygens (including phenoxy) is 1. The van der Waals surface area contributed by atoms with Gasteiger partial charge >= 0.3 is 5.97 Å². The van der Waals surface area contributed by atoms with Crippen LogP contribution < -0.4 is 10.2 Å². The van der Waals surface area contributed by atoms with Crippen LogP contribution in [0.3, 0.4) is 0 Å². The van der Waals surface area contributed by atoms with E-state index in [0.29, 0.717) is 5.02 Å². The van der Waals surface area contributed by atoms with Crippen molar-refractivity contribution in [3.8, 4) is 0 Å². The van der Waals surface area contributed by atoms with Crippen LogP contribution in [-0.2, 0) is 19.9 Å². The summed E-state index contributed by atoms with van der Waals surface area (Å²) in [5, 5.41) is 4.05. The van der Waals surface area contributed by atoms with Crippen LogP contribution in [0.4, 0.5) is 5.69 Å². The van der Waals surface area contributed by atoms with Gasteiger partial charge in [-0.3, -0.25) is 14.9 Å². The highest BCUT2D eigenvalue weighted by Gasteiger charge is 2.63. The number of carbonyl (C=O) groups excluding carboxylic acids is 2. The normalized spacial score (nSPS) is 29.3. The Hall–Kier alpha value is -2.37. The van der Waals surface area contributed by atoms with Gasteiger partial charge in [0.25, 0.3) is 5.91 Å². The second-order valence-electron chi connectivity index (χ2n) is 7.17. The number of esters is 1. The van der Waals surface area contributed by atoms with Crippen molar-refractivity contribution in [1.29, 1.82) is 0 Å². The van der Waals surface area contributed by atoms with E-state index in [1.54, 1.807) is 18.0 Å². The van der Waals surface area contributed by atoms with E-state index in [-0.39, 0.29) is 17.8 Å². The van der Waals surface area contributed by atoms with Crippen LogP contribution >= 0.6 is 11.6 Å². The van der Waals surface area contributed by atoms with Gasteiger partial charge < -0.3 is 9.64 Å². The minimum Gasteiger partial charge on any atom is -0.469 e. The largest absolute Gasteiger partial charge is 0.469 e. The van der Waals surface area contributed by atoms with Crippen molar-refractivity contribution in [3.05, 3.63) is 64.7 Å². The van der Waals surface area contributed by atoms with E-state index in [1.165, 1.54) is 7.11 Å². The molecule has 0 aromatic heterocycles. The number of benzene rings is 2. The number of methoxy groups -OCH3 is 1. The van der Waals surface area contributed by atoms with Crippen LogP contribution in [0.5, 0.6) is 0 Å². The summed E-state index contributed by atoms with van der Waals surface area (Å²) in [6, 6.07) is 14.7. The molecule has 4 rings (SSSR count). The topological polar surface area (TPSA) is 58.6 Å². The van der Waals surface area contributed by atoms with Gasteiger partial charge in [0.1, 0.15) is 5.54 Å². The number of carbonyl (C=O) groups is 2. The second-order valence-corrected chi connectivity index (χ2v) is 7.58. The number of hydrogen-bond donors (Lipinski definition) is 1. The molecule has 1 N–H and O–H groups in total.